The fraction of sp³-hybridized carbons (Fsp3) is 0.379. The molecular formula is C29H35NO3. The van der Waals surface area contributed by atoms with Gasteiger partial charge in [-0.1, -0.05) is 58.1 Å². The summed E-state index contributed by atoms with van der Waals surface area (Å²) in [5.41, 5.74) is 3.59. The first kappa shape index (κ1) is 24.5. The summed E-state index contributed by atoms with van der Waals surface area (Å²) in [6, 6.07) is 19.2. The Morgan fingerprint density at radius 2 is 1.45 bits per heavy atom. The molecule has 1 aromatic heterocycles. The van der Waals surface area contributed by atoms with E-state index in [2.05, 4.69) is 18.8 Å². The van der Waals surface area contributed by atoms with Crippen LogP contribution in [0.1, 0.15) is 74.7 Å². The largest absolute Gasteiger partial charge is 0.494 e. The first-order valence-corrected chi connectivity index (χ1v) is 12.2. The number of aryl methyl sites for hydroxylation is 1. The molecule has 0 saturated heterocycles. The van der Waals surface area contributed by atoms with E-state index in [0.29, 0.717) is 11.3 Å². The SMILES string of the molecule is CCCCCCCOc1ccc(-c2ccc(OC(=O)c3ccc(CCCC)cc3)cn2)cc1. The van der Waals surface area contributed by atoms with Crippen LogP contribution in [-0.4, -0.2) is 17.6 Å². The third-order valence-corrected chi connectivity index (χ3v) is 5.62. The number of ether oxygens (including phenoxy) is 2. The van der Waals surface area contributed by atoms with Crippen molar-refractivity contribution in [1.82, 2.24) is 4.98 Å². The molecule has 0 spiro atoms. The Balaban J connectivity index is 1.49. The molecule has 0 amide bonds. The molecule has 0 bridgehead atoms. The van der Waals surface area contributed by atoms with Gasteiger partial charge in [-0.15, -0.1) is 0 Å². The fourth-order valence-corrected chi connectivity index (χ4v) is 3.58. The lowest BCUT2D eigenvalue weighted by Gasteiger charge is -2.08. The van der Waals surface area contributed by atoms with Gasteiger partial charge in [0, 0.05) is 5.56 Å². The Hall–Kier alpha value is -3.14. The molecule has 1 heterocycles. The van der Waals surface area contributed by atoms with Crippen LogP contribution >= 0.6 is 0 Å². The topological polar surface area (TPSA) is 48.4 Å². The van der Waals surface area contributed by atoms with E-state index in [0.717, 1.165) is 49.3 Å². The van der Waals surface area contributed by atoms with Gasteiger partial charge in [0.15, 0.2) is 0 Å². The molecule has 0 saturated carbocycles. The van der Waals surface area contributed by atoms with Crippen LogP contribution < -0.4 is 9.47 Å². The Bertz CT molecular complexity index is 963. The number of hydrogen-bond acceptors (Lipinski definition) is 4. The van der Waals surface area contributed by atoms with Crippen molar-refractivity contribution in [3.05, 3.63) is 78.0 Å². The molecule has 4 nitrogen and oxygen atoms in total. The van der Waals surface area contributed by atoms with E-state index in [-0.39, 0.29) is 5.97 Å². The van der Waals surface area contributed by atoms with Gasteiger partial charge in [0.1, 0.15) is 11.5 Å². The Morgan fingerprint density at radius 3 is 2.12 bits per heavy atom. The monoisotopic (exact) mass is 445 g/mol. The van der Waals surface area contributed by atoms with Crippen LogP contribution in [0.15, 0.2) is 66.9 Å². The number of hydrogen-bond donors (Lipinski definition) is 0. The van der Waals surface area contributed by atoms with Crippen molar-refractivity contribution < 1.29 is 14.3 Å². The molecule has 0 radical (unpaired) electrons. The predicted octanol–water partition coefficient (Wildman–Crippen LogP) is 7.66. The molecule has 0 fully saturated rings. The molecule has 4 heteroatoms. The summed E-state index contributed by atoms with van der Waals surface area (Å²) in [5, 5.41) is 0. The van der Waals surface area contributed by atoms with Gasteiger partial charge in [-0.2, -0.15) is 0 Å². The van der Waals surface area contributed by atoms with Crippen molar-refractivity contribution in [2.75, 3.05) is 6.61 Å². The molecule has 0 aliphatic carbocycles. The van der Waals surface area contributed by atoms with Gasteiger partial charge in [0.2, 0.25) is 0 Å². The molecule has 0 aliphatic rings. The molecule has 3 aromatic rings. The van der Waals surface area contributed by atoms with Crippen LogP contribution in [0.25, 0.3) is 11.3 Å². The summed E-state index contributed by atoms with van der Waals surface area (Å²) in [7, 11) is 0. The average molecular weight is 446 g/mol. The van der Waals surface area contributed by atoms with Crippen molar-refractivity contribution >= 4 is 5.97 Å². The van der Waals surface area contributed by atoms with E-state index in [4.69, 9.17) is 9.47 Å². The molecule has 0 N–H and O–H groups in total. The summed E-state index contributed by atoms with van der Waals surface area (Å²) in [5.74, 6) is 0.935. The highest BCUT2D eigenvalue weighted by Gasteiger charge is 2.09. The second kappa shape index (κ2) is 13.4. The van der Waals surface area contributed by atoms with Gasteiger partial charge >= 0.3 is 5.97 Å². The van der Waals surface area contributed by atoms with Crippen LogP contribution in [0.5, 0.6) is 11.5 Å². The molecular weight excluding hydrogens is 410 g/mol. The maximum Gasteiger partial charge on any atom is 0.343 e. The number of unbranched alkanes of at least 4 members (excludes halogenated alkanes) is 5. The zero-order valence-electron chi connectivity index (χ0n) is 19.9. The molecule has 3 rings (SSSR count). The average Bonchev–Trinajstić information content (AvgIpc) is 2.86. The van der Waals surface area contributed by atoms with Crippen LogP contribution in [0.2, 0.25) is 0 Å². The van der Waals surface area contributed by atoms with Crippen molar-refractivity contribution in [3.8, 4) is 22.8 Å². The third kappa shape index (κ3) is 8.05. The highest BCUT2D eigenvalue weighted by atomic mass is 16.5. The second-order valence-corrected chi connectivity index (χ2v) is 8.36. The Morgan fingerprint density at radius 1 is 0.758 bits per heavy atom. The van der Waals surface area contributed by atoms with E-state index in [1.54, 1.807) is 12.3 Å². The summed E-state index contributed by atoms with van der Waals surface area (Å²) in [6.07, 6.45) is 11.1. The summed E-state index contributed by atoms with van der Waals surface area (Å²) < 4.78 is 11.3. The molecule has 0 aliphatic heterocycles. The quantitative estimate of drug-likeness (QED) is 0.200. The van der Waals surface area contributed by atoms with Gasteiger partial charge in [0.05, 0.1) is 24.1 Å². The van der Waals surface area contributed by atoms with Crippen LogP contribution in [0, 0.1) is 0 Å². The van der Waals surface area contributed by atoms with Crippen LogP contribution in [0.4, 0.5) is 0 Å². The smallest absolute Gasteiger partial charge is 0.343 e. The maximum absolute atomic E-state index is 12.4. The highest BCUT2D eigenvalue weighted by molar-refractivity contribution is 5.91. The minimum absolute atomic E-state index is 0.372. The van der Waals surface area contributed by atoms with Crippen molar-refractivity contribution in [1.29, 1.82) is 0 Å². The Kier molecular flexibility index (Phi) is 9.96. The van der Waals surface area contributed by atoms with E-state index >= 15 is 0 Å². The van der Waals surface area contributed by atoms with Crippen molar-refractivity contribution in [2.45, 2.75) is 65.2 Å². The molecule has 2 aromatic carbocycles. The van der Waals surface area contributed by atoms with E-state index < -0.39 is 0 Å². The summed E-state index contributed by atoms with van der Waals surface area (Å²) in [4.78, 5) is 16.9. The summed E-state index contributed by atoms with van der Waals surface area (Å²) >= 11 is 0. The molecule has 0 unspecified atom stereocenters. The van der Waals surface area contributed by atoms with Gasteiger partial charge in [-0.25, -0.2) is 4.79 Å². The van der Waals surface area contributed by atoms with Gasteiger partial charge in [-0.05, 0) is 73.4 Å². The Labute approximate surface area is 198 Å². The van der Waals surface area contributed by atoms with Crippen LogP contribution in [-0.2, 0) is 6.42 Å². The highest BCUT2D eigenvalue weighted by Crippen LogP contribution is 2.23. The zero-order valence-corrected chi connectivity index (χ0v) is 19.9. The number of nitrogens with zero attached hydrogens (tertiary/aromatic N) is 1. The first-order chi connectivity index (χ1) is 16.2. The fourth-order valence-electron chi connectivity index (χ4n) is 3.58. The van der Waals surface area contributed by atoms with Crippen LogP contribution in [0.3, 0.4) is 0 Å². The molecule has 33 heavy (non-hydrogen) atoms. The number of carbonyl (C=O) groups is 1. The number of rotatable bonds is 13. The van der Waals surface area contributed by atoms with E-state index in [1.165, 1.54) is 31.2 Å². The third-order valence-electron chi connectivity index (χ3n) is 5.62. The number of benzene rings is 2. The second-order valence-electron chi connectivity index (χ2n) is 8.36. The molecule has 174 valence electrons. The number of pyridine rings is 1. The minimum atomic E-state index is -0.372. The van der Waals surface area contributed by atoms with E-state index in [9.17, 15) is 4.79 Å². The number of aromatic nitrogens is 1. The normalized spacial score (nSPS) is 10.7. The lowest BCUT2D eigenvalue weighted by Crippen LogP contribution is -2.08. The standard InChI is InChI=1S/C29H35NO3/c1-3-5-7-8-9-21-32-26-17-15-24(16-18-26)28-20-19-27(22-30-28)33-29(31)25-13-11-23(12-14-25)10-6-4-2/h11-20,22H,3-10,21H2,1-2H3. The van der Waals surface area contributed by atoms with Gasteiger partial charge in [0.25, 0.3) is 0 Å². The lowest BCUT2D eigenvalue weighted by molar-refractivity contribution is 0.0734. The minimum Gasteiger partial charge on any atom is -0.494 e. The lowest BCUT2D eigenvalue weighted by atomic mass is 10.1. The van der Waals surface area contributed by atoms with Crippen molar-refractivity contribution in [2.24, 2.45) is 0 Å². The van der Waals surface area contributed by atoms with Gasteiger partial charge < -0.3 is 9.47 Å². The predicted molar refractivity (Wildman–Crippen MR) is 134 cm³/mol. The number of esters is 1. The van der Waals surface area contributed by atoms with E-state index in [1.807, 2.05) is 54.6 Å². The summed E-state index contributed by atoms with van der Waals surface area (Å²) in [6.45, 7) is 5.15. The van der Waals surface area contributed by atoms with Gasteiger partial charge in [-0.3, -0.25) is 4.98 Å². The maximum atomic E-state index is 12.4. The van der Waals surface area contributed by atoms with Crippen molar-refractivity contribution in [3.63, 3.8) is 0 Å². The number of carbonyl (C=O) groups excluding carboxylic acids is 1. The first-order valence-electron chi connectivity index (χ1n) is 12.2. The molecule has 0 atom stereocenters. The zero-order chi connectivity index (χ0) is 23.3.